The Morgan fingerprint density at radius 1 is 0.875 bits per heavy atom. The normalized spacial score (nSPS) is 24.2. The summed E-state index contributed by atoms with van der Waals surface area (Å²) in [5.74, 6) is 0. The number of fused-ring (bicyclic) bond motifs is 1. The van der Waals surface area contributed by atoms with Gasteiger partial charge in [0.15, 0.2) is 0 Å². The van der Waals surface area contributed by atoms with Crippen LogP contribution in [0.3, 0.4) is 0 Å². The third-order valence-corrected chi connectivity index (χ3v) is 12.4. The average molecular weight is 232 g/mol. The van der Waals surface area contributed by atoms with Crippen molar-refractivity contribution < 1.29 is 0 Å². The smallest absolute Gasteiger partial charge is 0.0680 e. The summed E-state index contributed by atoms with van der Waals surface area (Å²) >= 11 is 0. The molecule has 0 saturated carbocycles. The van der Waals surface area contributed by atoms with Crippen LogP contribution >= 0.6 is 0 Å². The van der Waals surface area contributed by atoms with Crippen LogP contribution in [0.4, 0.5) is 0 Å². The number of hydrogen-bond acceptors (Lipinski definition) is 0. The molecule has 0 aromatic heterocycles. The third-order valence-electron chi connectivity index (χ3n) is 5.65. The van der Waals surface area contributed by atoms with E-state index in [1.807, 2.05) is 0 Å². The molecular weight excluding hydrogens is 208 g/mol. The zero-order valence-corrected chi connectivity index (χ0v) is 12.7. The molecular formula is C15H24Si. The first kappa shape index (κ1) is 11.9. The zero-order chi connectivity index (χ0) is 12.4. The van der Waals surface area contributed by atoms with Crippen LogP contribution in [0.1, 0.15) is 44.4 Å². The van der Waals surface area contributed by atoms with Crippen molar-refractivity contribution in [3.8, 4) is 0 Å². The van der Waals surface area contributed by atoms with Crippen molar-refractivity contribution in [1.29, 1.82) is 0 Å². The van der Waals surface area contributed by atoms with Gasteiger partial charge >= 0.3 is 0 Å². The molecule has 0 N–H and O–H groups in total. The molecule has 1 aliphatic heterocycles. The maximum atomic E-state index is 2.54. The van der Waals surface area contributed by atoms with Crippen LogP contribution in [0.15, 0.2) is 18.2 Å². The van der Waals surface area contributed by atoms with Gasteiger partial charge in [-0.15, -0.1) is 0 Å². The van der Waals surface area contributed by atoms with Gasteiger partial charge < -0.3 is 0 Å². The molecule has 0 nitrogen and oxygen atoms in total. The molecule has 0 atom stereocenters. The molecule has 1 heteroatoms. The van der Waals surface area contributed by atoms with Gasteiger partial charge in [0.25, 0.3) is 0 Å². The molecule has 0 radical (unpaired) electrons. The monoisotopic (exact) mass is 232 g/mol. The Hall–Kier alpha value is -0.563. The van der Waals surface area contributed by atoms with E-state index < -0.39 is 8.07 Å². The first-order valence-electron chi connectivity index (χ1n) is 6.24. The lowest BCUT2D eigenvalue weighted by molar-refractivity contribution is 0.688. The third kappa shape index (κ3) is 1.15. The molecule has 0 aliphatic carbocycles. The fourth-order valence-corrected chi connectivity index (χ4v) is 6.51. The van der Waals surface area contributed by atoms with Gasteiger partial charge in [0.05, 0.1) is 8.07 Å². The van der Waals surface area contributed by atoms with Gasteiger partial charge in [0.1, 0.15) is 0 Å². The Balaban J connectivity index is 2.79. The number of hydrogen-bond donors (Lipinski definition) is 0. The lowest BCUT2D eigenvalue weighted by atomic mass is 9.89. The van der Waals surface area contributed by atoms with Crippen LogP contribution in [0, 0.1) is 6.92 Å². The maximum Gasteiger partial charge on any atom is 0.0683 e. The van der Waals surface area contributed by atoms with Crippen molar-refractivity contribution in [3.63, 3.8) is 0 Å². The Morgan fingerprint density at radius 3 is 1.94 bits per heavy atom. The lowest BCUT2D eigenvalue weighted by Gasteiger charge is -2.42. The molecule has 1 heterocycles. The highest BCUT2D eigenvalue weighted by Crippen LogP contribution is 2.54. The molecule has 0 fully saturated rings. The molecule has 16 heavy (non-hydrogen) atoms. The summed E-state index contributed by atoms with van der Waals surface area (Å²) < 4.78 is 0. The van der Waals surface area contributed by atoms with Gasteiger partial charge in [0, 0.05) is 0 Å². The van der Waals surface area contributed by atoms with Gasteiger partial charge in [-0.1, -0.05) is 64.6 Å². The highest BCUT2D eigenvalue weighted by atomic mass is 28.3. The minimum Gasteiger partial charge on any atom is -0.0680 e. The molecule has 88 valence electrons. The van der Waals surface area contributed by atoms with E-state index in [2.05, 4.69) is 65.9 Å². The van der Waals surface area contributed by atoms with Crippen LogP contribution in [0.5, 0.6) is 0 Å². The molecule has 1 aliphatic rings. The van der Waals surface area contributed by atoms with Gasteiger partial charge in [-0.25, -0.2) is 0 Å². The first-order valence-corrected chi connectivity index (χ1v) is 9.24. The Morgan fingerprint density at radius 2 is 1.38 bits per heavy atom. The summed E-state index contributed by atoms with van der Waals surface area (Å²) in [6, 6.07) is 7.06. The molecule has 0 saturated heterocycles. The SMILES string of the molecule is Cc1ccc2c(c1)C(C)(C)[Si](C)(C)C2(C)C. The summed E-state index contributed by atoms with van der Waals surface area (Å²) in [5.41, 5.74) is 4.60. The van der Waals surface area contributed by atoms with Crippen LogP contribution in [0.2, 0.25) is 13.1 Å². The van der Waals surface area contributed by atoms with Crippen molar-refractivity contribution in [2.45, 2.75) is 57.8 Å². The van der Waals surface area contributed by atoms with Crippen molar-refractivity contribution >= 4 is 8.07 Å². The largest absolute Gasteiger partial charge is 0.0683 e. The summed E-state index contributed by atoms with van der Waals surface area (Å²) in [6.07, 6.45) is 0. The maximum absolute atomic E-state index is 2.54. The molecule has 0 spiro atoms. The van der Waals surface area contributed by atoms with E-state index in [1.54, 1.807) is 11.1 Å². The van der Waals surface area contributed by atoms with E-state index in [4.69, 9.17) is 0 Å². The van der Waals surface area contributed by atoms with Gasteiger partial charge in [-0.3, -0.25) is 0 Å². The summed E-state index contributed by atoms with van der Waals surface area (Å²) in [5, 5.41) is 0.775. The highest BCUT2D eigenvalue weighted by Gasteiger charge is 2.58. The second kappa shape index (κ2) is 3.01. The average Bonchev–Trinajstić information content (AvgIpc) is 2.24. The second-order valence-corrected chi connectivity index (χ2v) is 12.7. The van der Waals surface area contributed by atoms with Crippen molar-refractivity contribution in [2.75, 3.05) is 0 Å². The fraction of sp³-hybridized carbons (Fsp3) is 0.600. The highest BCUT2D eigenvalue weighted by molar-refractivity contribution is 6.84. The predicted octanol–water partition coefficient (Wildman–Crippen LogP) is 4.35. The molecule has 0 unspecified atom stereocenters. The van der Waals surface area contributed by atoms with Crippen molar-refractivity contribution in [1.82, 2.24) is 0 Å². The van der Waals surface area contributed by atoms with Crippen LogP contribution < -0.4 is 0 Å². The minimum absolute atomic E-state index is 0.387. The van der Waals surface area contributed by atoms with E-state index in [0.717, 1.165) is 0 Å². The van der Waals surface area contributed by atoms with Gasteiger partial charge in [-0.2, -0.15) is 0 Å². The second-order valence-electron chi connectivity index (χ2n) is 6.92. The van der Waals surface area contributed by atoms with Gasteiger partial charge in [-0.05, 0) is 28.1 Å². The quantitative estimate of drug-likeness (QED) is 0.583. The van der Waals surface area contributed by atoms with Crippen LogP contribution in [-0.2, 0) is 10.1 Å². The van der Waals surface area contributed by atoms with E-state index in [1.165, 1.54) is 5.56 Å². The molecule has 2 rings (SSSR count). The van der Waals surface area contributed by atoms with E-state index >= 15 is 0 Å². The predicted molar refractivity (Wildman–Crippen MR) is 74.7 cm³/mol. The molecule has 1 aromatic rings. The summed E-state index contributed by atoms with van der Waals surface area (Å²) in [7, 11) is -1.32. The van der Waals surface area contributed by atoms with E-state index in [0.29, 0.717) is 10.1 Å². The van der Waals surface area contributed by atoms with Crippen LogP contribution in [-0.4, -0.2) is 8.07 Å². The van der Waals surface area contributed by atoms with Crippen LogP contribution in [0.25, 0.3) is 0 Å². The van der Waals surface area contributed by atoms with Gasteiger partial charge in [0.2, 0.25) is 0 Å². The molecule has 1 aromatic carbocycles. The number of rotatable bonds is 0. The summed E-state index contributed by atoms with van der Waals surface area (Å²) in [4.78, 5) is 0. The number of aryl methyl sites for hydroxylation is 1. The molecule has 0 amide bonds. The summed E-state index contributed by atoms with van der Waals surface area (Å²) in [6.45, 7) is 17.1. The van der Waals surface area contributed by atoms with E-state index in [-0.39, 0.29) is 0 Å². The zero-order valence-electron chi connectivity index (χ0n) is 11.7. The lowest BCUT2D eigenvalue weighted by Crippen LogP contribution is -2.54. The van der Waals surface area contributed by atoms with Crippen molar-refractivity contribution in [2.24, 2.45) is 0 Å². The molecule has 0 bridgehead atoms. The Bertz CT molecular complexity index is 439. The fourth-order valence-electron chi connectivity index (χ4n) is 3.17. The number of benzene rings is 1. The first-order chi connectivity index (χ1) is 7.12. The standard InChI is InChI=1S/C15H24Si/c1-11-8-9-12-13(10-11)15(4,5)16(6,7)14(12,2)3/h8-10H,1-7H3. The Labute approximate surface area is 101 Å². The Kier molecular flexibility index (Phi) is 2.24. The van der Waals surface area contributed by atoms with Crippen molar-refractivity contribution in [3.05, 3.63) is 34.9 Å². The van der Waals surface area contributed by atoms with E-state index in [9.17, 15) is 0 Å². The topological polar surface area (TPSA) is 0 Å². The minimum atomic E-state index is -1.32.